The number of hydrogen-bond acceptors (Lipinski definition) is 6. The van der Waals surface area contributed by atoms with E-state index in [0.717, 1.165) is 16.9 Å². The third-order valence-electron chi connectivity index (χ3n) is 9.36. The van der Waals surface area contributed by atoms with Gasteiger partial charge < -0.3 is 27.5 Å². The monoisotopic (exact) mass is 684 g/mol. The standard InChI is InChI=1S/C39H64O6Si2/c1-14-35(25-26-41-28-34-21-23-37(40-11)24-22-34)44-47(30(3)4,31(5)6)45-36(15-2)27-38(42-29-33-19-17-16-18-20-33)32(7)43-46(12,13)39(8,9)10/h14-24,30-32,35-36,38H,1-2,25-29H2,3-13H3/t32-,35-,36+,38+/m0/s1. The molecule has 0 saturated carbocycles. The van der Waals surface area contributed by atoms with Gasteiger partial charge >= 0.3 is 8.56 Å². The lowest BCUT2D eigenvalue weighted by Gasteiger charge is -2.43. The van der Waals surface area contributed by atoms with Crippen molar-refractivity contribution < 1.29 is 27.5 Å². The summed E-state index contributed by atoms with van der Waals surface area (Å²) in [6.07, 6.45) is 4.33. The Morgan fingerprint density at radius 2 is 1.30 bits per heavy atom. The van der Waals surface area contributed by atoms with Crippen LogP contribution >= 0.6 is 0 Å². The molecule has 0 amide bonds. The Kier molecular flexibility index (Phi) is 16.8. The second-order valence-corrected chi connectivity index (χ2v) is 23.6. The van der Waals surface area contributed by atoms with Gasteiger partial charge in [0.2, 0.25) is 0 Å². The van der Waals surface area contributed by atoms with Gasteiger partial charge in [-0.05, 0) is 65.8 Å². The summed E-state index contributed by atoms with van der Waals surface area (Å²) in [7, 11) is -3.19. The first-order valence-corrected chi connectivity index (χ1v) is 22.1. The van der Waals surface area contributed by atoms with Crippen LogP contribution in [0.2, 0.25) is 29.2 Å². The van der Waals surface area contributed by atoms with E-state index in [-0.39, 0.29) is 40.5 Å². The van der Waals surface area contributed by atoms with Crippen LogP contribution in [0, 0.1) is 0 Å². The van der Waals surface area contributed by atoms with Crippen LogP contribution in [0.1, 0.15) is 79.4 Å². The number of rotatable bonds is 22. The van der Waals surface area contributed by atoms with Crippen molar-refractivity contribution in [1.82, 2.24) is 0 Å². The highest BCUT2D eigenvalue weighted by Crippen LogP contribution is 2.40. The lowest BCUT2D eigenvalue weighted by molar-refractivity contribution is -0.0527. The van der Waals surface area contributed by atoms with E-state index in [0.29, 0.717) is 32.7 Å². The van der Waals surface area contributed by atoms with Gasteiger partial charge in [-0.1, -0.05) is 103 Å². The van der Waals surface area contributed by atoms with Crippen LogP contribution in [-0.2, 0) is 36.0 Å². The summed E-state index contributed by atoms with van der Waals surface area (Å²) >= 11 is 0. The van der Waals surface area contributed by atoms with E-state index in [1.165, 1.54) is 0 Å². The van der Waals surface area contributed by atoms with Crippen LogP contribution in [0.5, 0.6) is 5.75 Å². The summed E-state index contributed by atoms with van der Waals surface area (Å²) in [5.74, 6) is 0.835. The Bertz CT molecular complexity index is 1170. The average Bonchev–Trinajstić information content (AvgIpc) is 3.02. The smallest absolute Gasteiger partial charge is 0.344 e. The first-order valence-electron chi connectivity index (χ1n) is 17.2. The Hall–Kier alpha value is -2.05. The molecule has 0 spiro atoms. The number of ether oxygens (including phenoxy) is 3. The Morgan fingerprint density at radius 1 is 0.745 bits per heavy atom. The molecule has 6 nitrogen and oxygen atoms in total. The van der Waals surface area contributed by atoms with Gasteiger partial charge in [0.05, 0.1) is 44.7 Å². The van der Waals surface area contributed by atoms with Crippen LogP contribution in [0.3, 0.4) is 0 Å². The van der Waals surface area contributed by atoms with E-state index in [1.54, 1.807) is 7.11 Å². The molecule has 2 rings (SSSR count). The molecule has 264 valence electrons. The average molecular weight is 685 g/mol. The van der Waals surface area contributed by atoms with Crippen molar-refractivity contribution in [1.29, 1.82) is 0 Å². The molecule has 0 N–H and O–H groups in total. The normalized spacial score (nSPS) is 15.3. The van der Waals surface area contributed by atoms with Crippen LogP contribution < -0.4 is 4.74 Å². The number of methoxy groups -OCH3 is 1. The molecule has 4 atom stereocenters. The summed E-state index contributed by atoms with van der Waals surface area (Å²) in [5, 5.41) is 0.0861. The minimum atomic E-state index is -2.82. The second-order valence-electron chi connectivity index (χ2n) is 14.7. The molecule has 8 heteroatoms. The molecule has 0 saturated heterocycles. The minimum Gasteiger partial charge on any atom is -0.497 e. The van der Waals surface area contributed by atoms with E-state index in [1.807, 2.05) is 54.6 Å². The Morgan fingerprint density at radius 3 is 1.81 bits per heavy atom. The van der Waals surface area contributed by atoms with Gasteiger partial charge in [-0.25, -0.2) is 0 Å². The second kappa shape index (κ2) is 19.2. The number of benzene rings is 2. The van der Waals surface area contributed by atoms with Gasteiger partial charge in [0.1, 0.15) is 5.75 Å². The summed E-state index contributed by atoms with van der Waals surface area (Å²) in [6, 6.07) is 18.2. The first kappa shape index (κ1) is 41.1. The van der Waals surface area contributed by atoms with Crippen LogP contribution in [-0.4, -0.2) is 55.0 Å². The predicted molar refractivity (Wildman–Crippen MR) is 201 cm³/mol. The van der Waals surface area contributed by atoms with Gasteiger partial charge in [0.25, 0.3) is 0 Å². The van der Waals surface area contributed by atoms with E-state index in [9.17, 15) is 0 Å². The summed E-state index contributed by atoms with van der Waals surface area (Å²) < 4.78 is 39.0. The summed E-state index contributed by atoms with van der Waals surface area (Å²) in [4.78, 5) is 0. The first-order chi connectivity index (χ1) is 22.1. The van der Waals surface area contributed by atoms with E-state index in [2.05, 4.69) is 93.8 Å². The third kappa shape index (κ3) is 12.7. The Labute approximate surface area is 289 Å². The fourth-order valence-corrected chi connectivity index (χ4v) is 10.6. The fraction of sp³-hybridized carbons (Fsp3) is 0.590. The zero-order valence-corrected chi connectivity index (χ0v) is 33.2. The van der Waals surface area contributed by atoms with Crippen molar-refractivity contribution >= 4 is 16.9 Å². The van der Waals surface area contributed by atoms with Crippen molar-refractivity contribution in [3.8, 4) is 5.75 Å². The zero-order valence-electron chi connectivity index (χ0n) is 31.2. The van der Waals surface area contributed by atoms with Gasteiger partial charge in [0.15, 0.2) is 8.32 Å². The molecule has 0 bridgehead atoms. The molecular weight excluding hydrogens is 621 g/mol. The highest BCUT2D eigenvalue weighted by atomic mass is 28.4. The molecule has 0 radical (unpaired) electrons. The van der Waals surface area contributed by atoms with Gasteiger partial charge in [0, 0.05) is 13.0 Å². The van der Waals surface area contributed by atoms with Crippen molar-refractivity contribution in [2.45, 2.75) is 135 Å². The molecule has 2 aromatic carbocycles. The number of hydrogen-bond donors (Lipinski definition) is 0. The highest BCUT2D eigenvalue weighted by Gasteiger charge is 2.48. The van der Waals surface area contributed by atoms with Crippen LogP contribution in [0.4, 0.5) is 0 Å². The van der Waals surface area contributed by atoms with Crippen molar-refractivity contribution in [2.24, 2.45) is 0 Å². The van der Waals surface area contributed by atoms with E-state index < -0.39 is 16.9 Å². The molecule has 0 fully saturated rings. The molecule has 0 aliphatic carbocycles. The molecule has 0 aliphatic heterocycles. The fourth-order valence-electron chi connectivity index (χ4n) is 5.36. The zero-order chi connectivity index (χ0) is 35.3. The molecule has 0 unspecified atom stereocenters. The quantitative estimate of drug-likeness (QED) is 0.0699. The topological polar surface area (TPSA) is 55.4 Å². The highest BCUT2D eigenvalue weighted by molar-refractivity contribution is 6.74. The SMILES string of the molecule is C=C[C@H](C[C@@H](OCc1ccccc1)[C@H](C)O[Si](C)(C)C(C)(C)C)O[Si](O[C@@H](C=C)CCOCc1ccc(OC)cc1)(C(C)C)C(C)C. The van der Waals surface area contributed by atoms with Crippen molar-refractivity contribution in [3.63, 3.8) is 0 Å². The van der Waals surface area contributed by atoms with Gasteiger partial charge in [-0.3, -0.25) is 0 Å². The van der Waals surface area contributed by atoms with Crippen LogP contribution in [0.15, 0.2) is 79.9 Å². The van der Waals surface area contributed by atoms with Crippen LogP contribution in [0.25, 0.3) is 0 Å². The maximum absolute atomic E-state index is 7.14. The largest absolute Gasteiger partial charge is 0.497 e. The van der Waals surface area contributed by atoms with Gasteiger partial charge in [-0.2, -0.15) is 0 Å². The lowest BCUT2D eigenvalue weighted by atomic mass is 10.1. The van der Waals surface area contributed by atoms with Crippen molar-refractivity contribution in [3.05, 3.63) is 91.0 Å². The summed E-state index contributed by atoms with van der Waals surface area (Å²) in [5.41, 5.74) is 2.62. The van der Waals surface area contributed by atoms with Gasteiger partial charge in [-0.15, -0.1) is 13.2 Å². The molecule has 47 heavy (non-hydrogen) atoms. The maximum atomic E-state index is 7.14. The van der Waals surface area contributed by atoms with E-state index >= 15 is 0 Å². The molecule has 0 aliphatic rings. The molecule has 0 heterocycles. The molecule has 2 aromatic rings. The van der Waals surface area contributed by atoms with E-state index in [4.69, 9.17) is 27.5 Å². The summed E-state index contributed by atoms with van der Waals surface area (Å²) in [6.45, 7) is 32.3. The molecular formula is C39H64O6Si2. The van der Waals surface area contributed by atoms with Crippen molar-refractivity contribution in [2.75, 3.05) is 13.7 Å². The lowest BCUT2D eigenvalue weighted by Crippen LogP contribution is -2.53. The predicted octanol–water partition coefficient (Wildman–Crippen LogP) is 10.4. The molecule has 0 aromatic heterocycles. The minimum absolute atomic E-state index is 0.0861. The third-order valence-corrected chi connectivity index (χ3v) is 18.5. The Balaban J connectivity index is 2.21. The maximum Gasteiger partial charge on any atom is 0.344 e.